The first-order valence-electron chi connectivity index (χ1n) is 6.81. The van der Waals surface area contributed by atoms with Crippen molar-refractivity contribution in [3.05, 3.63) is 64.7 Å². The SMILES string of the molecule is Cc1cc(N)ccc1C(=O)c1ccccc1C(C)(C)C. The predicted molar refractivity (Wildman–Crippen MR) is 84.2 cm³/mol. The highest BCUT2D eigenvalue weighted by Crippen LogP contribution is 2.28. The second-order valence-corrected chi connectivity index (χ2v) is 6.20. The normalized spacial score (nSPS) is 11.4. The number of nitrogen functional groups attached to an aromatic ring is 1. The number of anilines is 1. The Hall–Kier alpha value is -2.09. The molecule has 0 heterocycles. The van der Waals surface area contributed by atoms with Crippen molar-refractivity contribution in [1.29, 1.82) is 0 Å². The second kappa shape index (κ2) is 5.12. The van der Waals surface area contributed by atoms with E-state index in [2.05, 4.69) is 20.8 Å². The summed E-state index contributed by atoms with van der Waals surface area (Å²) in [6, 6.07) is 13.3. The van der Waals surface area contributed by atoms with Gasteiger partial charge in [0.15, 0.2) is 5.78 Å². The van der Waals surface area contributed by atoms with E-state index in [9.17, 15) is 4.79 Å². The van der Waals surface area contributed by atoms with E-state index >= 15 is 0 Å². The van der Waals surface area contributed by atoms with Gasteiger partial charge in [-0.2, -0.15) is 0 Å². The molecule has 2 nitrogen and oxygen atoms in total. The summed E-state index contributed by atoms with van der Waals surface area (Å²) in [5.74, 6) is 0.0630. The van der Waals surface area contributed by atoms with Gasteiger partial charge in [-0.15, -0.1) is 0 Å². The molecule has 0 amide bonds. The van der Waals surface area contributed by atoms with Gasteiger partial charge in [0.2, 0.25) is 0 Å². The summed E-state index contributed by atoms with van der Waals surface area (Å²) < 4.78 is 0. The number of ketones is 1. The van der Waals surface area contributed by atoms with Crippen molar-refractivity contribution in [2.45, 2.75) is 33.1 Å². The van der Waals surface area contributed by atoms with Crippen molar-refractivity contribution < 1.29 is 4.79 Å². The fourth-order valence-corrected chi connectivity index (χ4v) is 2.42. The Bertz CT molecular complexity index is 651. The zero-order chi connectivity index (χ0) is 14.9. The average molecular weight is 267 g/mol. The molecule has 2 rings (SSSR count). The molecule has 0 saturated heterocycles. The third kappa shape index (κ3) is 2.74. The largest absolute Gasteiger partial charge is 0.399 e. The third-order valence-electron chi connectivity index (χ3n) is 3.47. The van der Waals surface area contributed by atoms with Crippen molar-refractivity contribution in [2.75, 3.05) is 5.73 Å². The Kier molecular flexibility index (Phi) is 3.67. The average Bonchev–Trinajstić information content (AvgIpc) is 2.37. The van der Waals surface area contributed by atoms with E-state index in [0.29, 0.717) is 5.69 Å². The van der Waals surface area contributed by atoms with Crippen LogP contribution in [0.2, 0.25) is 0 Å². The monoisotopic (exact) mass is 267 g/mol. The van der Waals surface area contributed by atoms with Crippen LogP contribution in [0.3, 0.4) is 0 Å². The molecule has 0 atom stereocenters. The first-order valence-corrected chi connectivity index (χ1v) is 6.81. The molecule has 104 valence electrons. The van der Waals surface area contributed by atoms with Gasteiger partial charge in [0.05, 0.1) is 0 Å². The van der Waals surface area contributed by atoms with Crippen LogP contribution in [0.4, 0.5) is 5.69 Å². The van der Waals surface area contributed by atoms with E-state index in [4.69, 9.17) is 5.73 Å². The van der Waals surface area contributed by atoms with Crippen LogP contribution in [0.5, 0.6) is 0 Å². The summed E-state index contributed by atoms with van der Waals surface area (Å²) in [6.07, 6.45) is 0. The van der Waals surface area contributed by atoms with Gasteiger partial charge in [-0.05, 0) is 41.7 Å². The first kappa shape index (κ1) is 14.3. The summed E-state index contributed by atoms with van der Waals surface area (Å²) in [4.78, 5) is 12.8. The van der Waals surface area contributed by atoms with Gasteiger partial charge in [-0.25, -0.2) is 0 Å². The molecule has 0 fully saturated rings. The van der Waals surface area contributed by atoms with Crippen molar-refractivity contribution in [3.63, 3.8) is 0 Å². The van der Waals surface area contributed by atoms with Gasteiger partial charge >= 0.3 is 0 Å². The maximum atomic E-state index is 12.8. The molecule has 0 aromatic heterocycles. The number of nitrogens with two attached hydrogens (primary N) is 1. The molecule has 0 bridgehead atoms. The number of hydrogen-bond acceptors (Lipinski definition) is 2. The van der Waals surface area contributed by atoms with Gasteiger partial charge in [-0.1, -0.05) is 45.0 Å². The lowest BCUT2D eigenvalue weighted by Gasteiger charge is -2.22. The van der Waals surface area contributed by atoms with Crippen molar-refractivity contribution >= 4 is 11.5 Å². The molecule has 0 radical (unpaired) electrons. The van der Waals surface area contributed by atoms with Crippen LogP contribution in [0.25, 0.3) is 0 Å². The van der Waals surface area contributed by atoms with E-state index in [-0.39, 0.29) is 11.2 Å². The van der Waals surface area contributed by atoms with Crippen molar-refractivity contribution in [2.24, 2.45) is 0 Å². The predicted octanol–water partition coefficient (Wildman–Crippen LogP) is 4.11. The molecule has 20 heavy (non-hydrogen) atoms. The highest BCUT2D eigenvalue weighted by atomic mass is 16.1. The van der Waals surface area contributed by atoms with Crippen LogP contribution in [0, 0.1) is 6.92 Å². The second-order valence-electron chi connectivity index (χ2n) is 6.20. The number of aryl methyl sites for hydroxylation is 1. The molecule has 0 aliphatic heterocycles. The van der Waals surface area contributed by atoms with Crippen molar-refractivity contribution in [1.82, 2.24) is 0 Å². The van der Waals surface area contributed by atoms with Crippen molar-refractivity contribution in [3.8, 4) is 0 Å². The van der Waals surface area contributed by atoms with E-state index in [1.807, 2.05) is 43.3 Å². The molecule has 2 aromatic carbocycles. The standard InChI is InChI=1S/C18H21NO/c1-12-11-13(19)9-10-14(12)17(20)15-7-5-6-8-16(15)18(2,3)4/h5-11H,19H2,1-4H3. The van der Waals surface area contributed by atoms with E-state index < -0.39 is 0 Å². The molecule has 2 heteroatoms. The van der Waals surface area contributed by atoms with Crippen LogP contribution >= 0.6 is 0 Å². The topological polar surface area (TPSA) is 43.1 Å². The zero-order valence-electron chi connectivity index (χ0n) is 12.5. The number of benzene rings is 2. The van der Waals surface area contributed by atoms with Crippen LogP contribution in [-0.2, 0) is 5.41 Å². The lowest BCUT2D eigenvalue weighted by Crippen LogP contribution is -2.17. The van der Waals surface area contributed by atoms with Crippen LogP contribution in [0.1, 0.15) is 47.8 Å². The fraction of sp³-hybridized carbons (Fsp3) is 0.278. The summed E-state index contributed by atoms with van der Waals surface area (Å²) in [5.41, 5.74) is 9.85. The Morgan fingerprint density at radius 1 is 1.00 bits per heavy atom. The van der Waals surface area contributed by atoms with Gasteiger partial charge in [0.25, 0.3) is 0 Å². The van der Waals surface area contributed by atoms with Gasteiger partial charge in [0, 0.05) is 16.8 Å². The Morgan fingerprint density at radius 2 is 1.65 bits per heavy atom. The molecule has 0 saturated carbocycles. The molecule has 0 aliphatic carbocycles. The highest BCUT2D eigenvalue weighted by Gasteiger charge is 2.22. The van der Waals surface area contributed by atoms with Crippen LogP contribution in [-0.4, -0.2) is 5.78 Å². The Morgan fingerprint density at radius 3 is 2.25 bits per heavy atom. The quantitative estimate of drug-likeness (QED) is 0.657. The molecule has 0 aliphatic rings. The number of rotatable bonds is 2. The van der Waals surface area contributed by atoms with E-state index in [1.54, 1.807) is 6.07 Å². The highest BCUT2D eigenvalue weighted by molar-refractivity contribution is 6.11. The Labute approximate surface area is 120 Å². The minimum absolute atomic E-state index is 0.0615. The number of carbonyl (C=O) groups is 1. The lowest BCUT2D eigenvalue weighted by atomic mass is 9.81. The maximum absolute atomic E-state index is 12.8. The number of carbonyl (C=O) groups excluding carboxylic acids is 1. The summed E-state index contributed by atoms with van der Waals surface area (Å²) in [6.45, 7) is 8.28. The van der Waals surface area contributed by atoms with E-state index in [1.165, 1.54) is 0 Å². The number of hydrogen-bond donors (Lipinski definition) is 1. The minimum atomic E-state index is -0.0615. The lowest BCUT2D eigenvalue weighted by molar-refractivity contribution is 0.103. The molecular formula is C18H21NO. The molecule has 2 N–H and O–H groups in total. The summed E-state index contributed by atoms with van der Waals surface area (Å²) in [5, 5.41) is 0. The third-order valence-corrected chi connectivity index (χ3v) is 3.47. The summed E-state index contributed by atoms with van der Waals surface area (Å²) in [7, 11) is 0. The molecule has 2 aromatic rings. The van der Waals surface area contributed by atoms with E-state index in [0.717, 1.165) is 22.3 Å². The summed E-state index contributed by atoms with van der Waals surface area (Å²) >= 11 is 0. The maximum Gasteiger partial charge on any atom is 0.193 e. The molecule has 0 unspecified atom stereocenters. The van der Waals surface area contributed by atoms with Gasteiger partial charge in [-0.3, -0.25) is 4.79 Å². The van der Waals surface area contributed by atoms with Gasteiger partial charge < -0.3 is 5.73 Å². The van der Waals surface area contributed by atoms with Crippen LogP contribution < -0.4 is 5.73 Å². The fourth-order valence-electron chi connectivity index (χ4n) is 2.42. The molecular weight excluding hydrogens is 246 g/mol. The van der Waals surface area contributed by atoms with Gasteiger partial charge in [0.1, 0.15) is 0 Å². The first-order chi connectivity index (χ1) is 9.30. The van der Waals surface area contributed by atoms with Crippen LogP contribution in [0.15, 0.2) is 42.5 Å². The minimum Gasteiger partial charge on any atom is -0.399 e. The molecule has 0 spiro atoms. The Balaban J connectivity index is 2.55. The smallest absolute Gasteiger partial charge is 0.193 e. The zero-order valence-corrected chi connectivity index (χ0v) is 12.5.